The number of esters is 1. The Labute approximate surface area is 212 Å². The standard InChI is InChI=1S/C30H36O6/c1-19(31)35-18-26(33)30(34)14-12-24-23-10-9-21-15-22(36-17-20-7-5-4-6-8-20)11-13-28(21,2)27(23)25(32)16-29(24,30)3/h4-9,15,23-24,27,34H,10-14,16-18H2,1-3H3/t23-,24-,27+,28-,29-,30-/m0/s1. The zero-order valence-electron chi connectivity index (χ0n) is 21.4. The number of ketones is 2. The van der Waals surface area contributed by atoms with Crippen molar-refractivity contribution in [2.75, 3.05) is 6.61 Å². The molecule has 1 N–H and O–H groups in total. The number of allylic oxidation sites excluding steroid dienone is 4. The minimum atomic E-state index is -1.65. The van der Waals surface area contributed by atoms with Crippen molar-refractivity contribution in [2.24, 2.45) is 28.6 Å². The van der Waals surface area contributed by atoms with Crippen LogP contribution in [0.3, 0.4) is 0 Å². The molecule has 0 spiro atoms. The van der Waals surface area contributed by atoms with Gasteiger partial charge in [-0.25, -0.2) is 0 Å². The number of hydrogen-bond donors (Lipinski definition) is 1. The fraction of sp³-hybridized carbons (Fsp3) is 0.567. The van der Waals surface area contributed by atoms with Gasteiger partial charge in [-0.15, -0.1) is 0 Å². The summed E-state index contributed by atoms with van der Waals surface area (Å²) in [6.07, 6.45) is 7.92. The van der Waals surface area contributed by atoms with Crippen LogP contribution in [0.5, 0.6) is 0 Å². The van der Waals surface area contributed by atoms with Gasteiger partial charge in [0.15, 0.2) is 6.61 Å². The van der Waals surface area contributed by atoms with E-state index in [1.165, 1.54) is 12.5 Å². The van der Waals surface area contributed by atoms with E-state index in [0.717, 1.165) is 30.6 Å². The van der Waals surface area contributed by atoms with Crippen molar-refractivity contribution in [2.45, 2.75) is 71.5 Å². The molecule has 0 radical (unpaired) electrons. The summed E-state index contributed by atoms with van der Waals surface area (Å²) in [5.41, 5.74) is -0.469. The lowest BCUT2D eigenvalue weighted by atomic mass is 9.47. The summed E-state index contributed by atoms with van der Waals surface area (Å²) in [4.78, 5) is 38.1. The second-order valence-corrected chi connectivity index (χ2v) is 11.6. The van der Waals surface area contributed by atoms with Gasteiger partial charge in [0.1, 0.15) is 18.0 Å². The molecule has 0 aromatic heterocycles. The highest BCUT2D eigenvalue weighted by Crippen LogP contribution is 2.66. The molecule has 0 heterocycles. The molecule has 0 unspecified atom stereocenters. The smallest absolute Gasteiger partial charge is 0.303 e. The van der Waals surface area contributed by atoms with E-state index < -0.39 is 29.4 Å². The molecule has 0 saturated heterocycles. The highest BCUT2D eigenvalue weighted by Gasteiger charge is 2.68. The van der Waals surface area contributed by atoms with Crippen LogP contribution in [-0.2, 0) is 30.5 Å². The van der Waals surface area contributed by atoms with E-state index in [1.807, 2.05) is 25.1 Å². The van der Waals surface area contributed by atoms with Crippen LogP contribution in [0, 0.1) is 28.6 Å². The first-order valence-corrected chi connectivity index (χ1v) is 13.1. The largest absolute Gasteiger partial charge is 0.493 e. The molecule has 0 bridgehead atoms. The number of carbonyl (C=O) groups excluding carboxylic acids is 3. The summed E-state index contributed by atoms with van der Waals surface area (Å²) in [7, 11) is 0. The van der Waals surface area contributed by atoms with Crippen LogP contribution in [0.15, 0.2) is 53.8 Å². The Morgan fingerprint density at radius 1 is 1.14 bits per heavy atom. The number of hydrogen-bond acceptors (Lipinski definition) is 6. The molecule has 192 valence electrons. The number of rotatable bonds is 6. The molecule has 6 nitrogen and oxygen atoms in total. The van der Waals surface area contributed by atoms with E-state index in [0.29, 0.717) is 19.4 Å². The summed E-state index contributed by atoms with van der Waals surface area (Å²) >= 11 is 0. The highest BCUT2D eigenvalue weighted by atomic mass is 16.5. The van der Waals surface area contributed by atoms with Gasteiger partial charge in [-0.05, 0) is 54.7 Å². The molecular formula is C30H36O6. The maximum atomic E-state index is 13.8. The fourth-order valence-corrected chi connectivity index (χ4v) is 7.75. The summed E-state index contributed by atoms with van der Waals surface area (Å²) < 4.78 is 11.1. The third-order valence-electron chi connectivity index (χ3n) is 9.71. The number of carbonyl (C=O) groups is 3. The molecule has 36 heavy (non-hydrogen) atoms. The first kappa shape index (κ1) is 24.9. The van der Waals surface area contributed by atoms with Gasteiger partial charge in [0.25, 0.3) is 0 Å². The predicted octanol–water partition coefficient (Wildman–Crippen LogP) is 4.70. The monoisotopic (exact) mass is 492 g/mol. The Morgan fingerprint density at radius 3 is 2.61 bits per heavy atom. The molecule has 4 aliphatic carbocycles. The molecular weight excluding hydrogens is 456 g/mol. The van der Waals surface area contributed by atoms with Crippen LogP contribution in [0.25, 0.3) is 0 Å². The average molecular weight is 493 g/mol. The average Bonchev–Trinajstić information content (AvgIpc) is 3.12. The van der Waals surface area contributed by atoms with Crippen LogP contribution >= 0.6 is 0 Å². The Kier molecular flexibility index (Phi) is 6.22. The molecule has 1 aromatic rings. The molecule has 6 heteroatoms. The van der Waals surface area contributed by atoms with Gasteiger partial charge >= 0.3 is 5.97 Å². The van der Waals surface area contributed by atoms with Gasteiger partial charge in [0.05, 0.1) is 5.76 Å². The quantitative estimate of drug-likeness (QED) is 0.579. The summed E-state index contributed by atoms with van der Waals surface area (Å²) in [5.74, 6) is 0.0553. The van der Waals surface area contributed by atoms with Crippen molar-refractivity contribution < 1.29 is 29.0 Å². The Balaban J connectivity index is 1.38. The number of Topliss-reactive ketones (excluding diaryl/α,β-unsaturated/α-hetero) is 2. The fourth-order valence-electron chi connectivity index (χ4n) is 7.75. The van der Waals surface area contributed by atoms with Crippen molar-refractivity contribution in [3.05, 3.63) is 59.4 Å². The molecule has 0 amide bonds. The van der Waals surface area contributed by atoms with Crippen LogP contribution in [0.1, 0.15) is 64.9 Å². The van der Waals surface area contributed by atoms with E-state index in [-0.39, 0.29) is 35.4 Å². The summed E-state index contributed by atoms with van der Waals surface area (Å²) in [5, 5.41) is 11.6. The third-order valence-corrected chi connectivity index (χ3v) is 9.71. The van der Waals surface area contributed by atoms with E-state index in [2.05, 4.69) is 31.2 Å². The lowest BCUT2D eigenvalue weighted by Crippen LogP contribution is -2.60. The molecule has 6 atom stereocenters. The number of fused-ring (bicyclic) bond motifs is 5. The van der Waals surface area contributed by atoms with Crippen molar-refractivity contribution in [1.82, 2.24) is 0 Å². The predicted molar refractivity (Wildman–Crippen MR) is 133 cm³/mol. The van der Waals surface area contributed by atoms with Crippen LogP contribution < -0.4 is 0 Å². The van der Waals surface area contributed by atoms with Gasteiger partial charge in [-0.1, -0.05) is 50.3 Å². The van der Waals surface area contributed by atoms with E-state index in [1.54, 1.807) is 0 Å². The minimum Gasteiger partial charge on any atom is -0.493 e. The second kappa shape index (κ2) is 8.98. The number of benzene rings is 1. The maximum Gasteiger partial charge on any atom is 0.303 e. The Bertz CT molecular complexity index is 1140. The molecule has 2 fully saturated rings. The van der Waals surface area contributed by atoms with Gasteiger partial charge in [0.2, 0.25) is 5.78 Å². The van der Waals surface area contributed by atoms with Crippen molar-refractivity contribution in [1.29, 1.82) is 0 Å². The third kappa shape index (κ3) is 3.85. The van der Waals surface area contributed by atoms with Crippen LogP contribution in [0.2, 0.25) is 0 Å². The van der Waals surface area contributed by atoms with E-state index in [9.17, 15) is 19.5 Å². The maximum absolute atomic E-state index is 13.8. The number of ether oxygens (including phenoxy) is 2. The Hall–Kier alpha value is -2.73. The topological polar surface area (TPSA) is 89.9 Å². The van der Waals surface area contributed by atoms with Crippen molar-refractivity contribution >= 4 is 17.5 Å². The highest BCUT2D eigenvalue weighted by molar-refractivity contribution is 5.93. The number of aliphatic hydroxyl groups is 1. The lowest BCUT2D eigenvalue weighted by molar-refractivity contribution is -0.172. The molecule has 1 aromatic carbocycles. The first-order valence-electron chi connectivity index (χ1n) is 13.1. The van der Waals surface area contributed by atoms with E-state index in [4.69, 9.17) is 9.47 Å². The SMILES string of the molecule is CC(=O)OCC(=O)[C@@]1(O)CC[C@H]2[C@@H]3CC=C4C=C(OCc5ccccc5)CC[C@]4(C)[C@H]3C(=O)C[C@@]21C. The Morgan fingerprint density at radius 2 is 1.89 bits per heavy atom. The zero-order chi connectivity index (χ0) is 25.7. The van der Waals surface area contributed by atoms with Gasteiger partial charge in [-0.2, -0.15) is 0 Å². The van der Waals surface area contributed by atoms with Crippen molar-refractivity contribution in [3.8, 4) is 0 Å². The van der Waals surface area contributed by atoms with Gasteiger partial charge < -0.3 is 14.6 Å². The first-order chi connectivity index (χ1) is 17.1. The van der Waals surface area contributed by atoms with Crippen LogP contribution in [-0.4, -0.2) is 34.9 Å². The van der Waals surface area contributed by atoms with E-state index >= 15 is 0 Å². The normalized spacial score (nSPS) is 37.1. The summed E-state index contributed by atoms with van der Waals surface area (Å²) in [6.45, 7) is 5.42. The molecule has 0 aliphatic heterocycles. The molecule has 5 rings (SSSR count). The molecule has 2 saturated carbocycles. The van der Waals surface area contributed by atoms with Crippen LogP contribution in [0.4, 0.5) is 0 Å². The van der Waals surface area contributed by atoms with Gasteiger partial charge in [0, 0.05) is 36.5 Å². The van der Waals surface area contributed by atoms with Crippen molar-refractivity contribution in [3.63, 3.8) is 0 Å². The zero-order valence-corrected chi connectivity index (χ0v) is 21.4. The second-order valence-electron chi connectivity index (χ2n) is 11.6. The molecule has 4 aliphatic rings. The minimum absolute atomic E-state index is 0.0563. The lowest BCUT2D eigenvalue weighted by Gasteiger charge is -2.56. The van der Waals surface area contributed by atoms with Gasteiger partial charge in [-0.3, -0.25) is 14.4 Å². The summed E-state index contributed by atoms with van der Waals surface area (Å²) in [6, 6.07) is 10.1.